The van der Waals surface area contributed by atoms with E-state index in [1.165, 1.54) is 0 Å². The van der Waals surface area contributed by atoms with Gasteiger partial charge >= 0.3 is 0 Å². The van der Waals surface area contributed by atoms with Gasteiger partial charge in [0.25, 0.3) is 0 Å². The highest BCUT2D eigenvalue weighted by Gasteiger charge is 2.13. The molecule has 1 aromatic heterocycles. The van der Waals surface area contributed by atoms with Gasteiger partial charge in [0, 0.05) is 11.5 Å². The lowest BCUT2D eigenvalue weighted by Crippen LogP contribution is -2.08. The van der Waals surface area contributed by atoms with Crippen molar-refractivity contribution in [2.24, 2.45) is 5.90 Å². The van der Waals surface area contributed by atoms with Crippen LogP contribution in [-0.4, -0.2) is 16.8 Å². The van der Waals surface area contributed by atoms with E-state index in [1.54, 1.807) is 0 Å². The highest BCUT2D eigenvalue weighted by molar-refractivity contribution is 5.63. The van der Waals surface area contributed by atoms with Crippen LogP contribution in [0, 0.1) is 0 Å². The number of rotatable bonds is 4. The van der Waals surface area contributed by atoms with E-state index >= 15 is 0 Å². The maximum atomic E-state index is 5.09. The lowest BCUT2D eigenvalue weighted by Gasteiger charge is -2.10. The molecule has 1 unspecified atom stereocenters. The fraction of sp³-hybridized carbons (Fsp3) is 0.250. The Balaban J connectivity index is 2.33. The van der Waals surface area contributed by atoms with Gasteiger partial charge in [0.05, 0.1) is 18.5 Å². The summed E-state index contributed by atoms with van der Waals surface area (Å²) in [5.41, 5.74) is 3.28. The Morgan fingerprint density at radius 1 is 1.38 bits per heavy atom. The highest BCUT2D eigenvalue weighted by Crippen LogP contribution is 2.26. The lowest BCUT2D eigenvalue weighted by molar-refractivity contribution is 0.127. The Hall–Kier alpha value is -1.65. The number of H-pyrrole nitrogens is 1. The number of hydrogen-bond donors (Lipinski definition) is 2. The van der Waals surface area contributed by atoms with Crippen molar-refractivity contribution in [1.82, 2.24) is 10.2 Å². The van der Waals surface area contributed by atoms with Crippen LogP contribution in [-0.2, 0) is 4.84 Å². The van der Waals surface area contributed by atoms with Crippen molar-refractivity contribution in [3.05, 3.63) is 42.1 Å². The van der Waals surface area contributed by atoms with Gasteiger partial charge in [-0.2, -0.15) is 5.10 Å². The van der Waals surface area contributed by atoms with Gasteiger partial charge in [0.15, 0.2) is 0 Å². The third-order valence-corrected chi connectivity index (χ3v) is 2.61. The normalized spacial score (nSPS) is 12.6. The van der Waals surface area contributed by atoms with Gasteiger partial charge in [0.1, 0.15) is 0 Å². The van der Waals surface area contributed by atoms with Crippen molar-refractivity contribution in [2.75, 3.05) is 6.61 Å². The van der Waals surface area contributed by atoms with Crippen LogP contribution in [0.3, 0.4) is 0 Å². The van der Waals surface area contributed by atoms with E-state index in [2.05, 4.69) is 22.0 Å². The largest absolute Gasteiger partial charge is 0.304 e. The van der Waals surface area contributed by atoms with E-state index in [9.17, 15) is 0 Å². The second-order valence-electron chi connectivity index (χ2n) is 3.80. The minimum atomic E-state index is 0.221. The SMILES string of the molecule is CC(CON)c1cn[nH]c1-c1ccccc1. The van der Waals surface area contributed by atoms with E-state index in [-0.39, 0.29) is 5.92 Å². The molecule has 84 valence electrons. The summed E-state index contributed by atoms with van der Waals surface area (Å²) in [5, 5.41) is 7.10. The number of nitrogens with two attached hydrogens (primary N) is 1. The van der Waals surface area contributed by atoms with Crippen molar-refractivity contribution in [1.29, 1.82) is 0 Å². The third kappa shape index (κ3) is 2.13. The monoisotopic (exact) mass is 217 g/mol. The fourth-order valence-corrected chi connectivity index (χ4v) is 1.74. The van der Waals surface area contributed by atoms with Crippen LogP contribution < -0.4 is 5.90 Å². The molecule has 0 saturated heterocycles. The second-order valence-corrected chi connectivity index (χ2v) is 3.80. The smallest absolute Gasteiger partial charge is 0.0746 e. The van der Waals surface area contributed by atoms with Crippen molar-refractivity contribution >= 4 is 0 Å². The Bertz CT molecular complexity index is 439. The quantitative estimate of drug-likeness (QED) is 0.770. The molecule has 0 spiro atoms. The topological polar surface area (TPSA) is 63.9 Å². The summed E-state index contributed by atoms with van der Waals surface area (Å²) in [4.78, 5) is 4.68. The molecule has 0 aliphatic rings. The molecule has 2 aromatic rings. The first-order chi connectivity index (χ1) is 7.83. The molecule has 1 heterocycles. The van der Waals surface area contributed by atoms with Crippen LogP contribution in [0.25, 0.3) is 11.3 Å². The number of hydrogen-bond acceptors (Lipinski definition) is 3. The summed E-state index contributed by atoms with van der Waals surface area (Å²) in [5.74, 6) is 5.31. The molecule has 1 atom stereocenters. The van der Waals surface area contributed by atoms with Crippen LogP contribution in [0.15, 0.2) is 36.5 Å². The van der Waals surface area contributed by atoms with Gasteiger partial charge in [0.2, 0.25) is 0 Å². The molecule has 0 aliphatic heterocycles. The van der Waals surface area contributed by atoms with Gasteiger partial charge in [-0.25, -0.2) is 5.90 Å². The molecule has 0 amide bonds. The maximum absolute atomic E-state index is 5.09. The maximum Gasteiger partial charge on any atom is 0.0746 e. The first-order valence-corrected chi connectivity index (χ1v) is 5.23. The average molecular weight is 217 g/mol. The summed E-state index contributed by atoms with van der Waals surface area (Å²) >= 11 is 0. The average Bonchev–Trinajstić information content (AvgIpc) is 2.79. The summed E-state index contributed by atoms with van der Waals surface area (Å²) < 4.78 is 0. The summed E-state index contributed by atoms with van der Waals surface area (Å²) in [7, 11) is 0. The fourth-order valence-electron chi connectivity index (χ4n) is 1.74. The van der Waals surface area contributed by atoms with E-state index < -0.39 is 0 Å². The first-order valence-electron chi connectivity index (χ1n) is 5.23. The molecule has 1 aromatic carbocycles. The highest BCUT2D eigenvalue weighted by atomic mass is 16.6. The molecular weight excluding hydrogens is 202 g/mol. The van der Waals surface area contributed by atoms with Gasteiger partial charge in [-0.15, -0.1) is 0 Å². The van der Waals surface area contributed by atoms with E-state index in [0.717, 1.165) is 16.8 Å². The van der Waals surface area contributed by atoms with Crippen molar-refractivity contribution in [2.45, 2.75) is 12.8 Å². The zero-order valence-electron chi connectivity index (χ0n) is 9.18. The summed E-state index contributed by atoms with van der Waals surface area (Å²) in [6.07, 6.45) is 1.83. The van der Waals surface area contributed by atoms with Crippen molar-refractivity contribution < 1.29 is 4.84 Å². The molecular formula is C12H15N3O. The molecule has 0 aliphatic carbocycles. The first kappa shape index (κ1) is 10.9. The third-order valence-electron chi connectivity index (χ3n) is 2.61. The molecule has 4 heteroatoms. The van der Waals surface area contributed by atoms with Crippen LogP contribution in [0.1, 0.15) is 18.4 Å². The summed E-state index contributed by atoms with van der Waals surface area (Å²) in [6, 6.07) is 10.1. The minimum absolute atomic E-state index is 0.221. The molecule has 2 rings (SSSR count). The van der Waals surface area contributed by atoms with Gasteiger partial charge in [-0.1, -0.05) is 37.3 Å². The molecule has 3 N–H and O–H groups in total. The van der Waals surface area contributed by atoms with Gasteiger partial charge < -0.3 is 4.84 Å². The predicted molar refractivity (Wildman–Crippen MR) is 62.6 cm³/mol. The minimum Gasteiger partial charge on any atom is -0.304 e. The molecule has 4 nitrogen and oxygen atoms in total. The van der Waals surface area contributed by atoms with Gasteiger partial charge in [-0.3, -0.25) is 5.10 Å². The number of aromatic nitrogens is 2. The standard InChI is InChI=1S/C12H15N3O/c1-9(8-16-13)11-7-14-15-12(11)10-5-3-2-4-6-10/h2-7,9H,8,13H2,1H3,(H,14,15). The number of aromatic amines is 1. The van der Waals surface area contributed by atoms with Crippen LogP contribution in [0.5, 0.6) is 0 Å². The number of nitrogens with one attached hydrogen (secondary N) is 1. The lowest BCUT2D eigenvalue weighted by atomic mass is 9.99. The molecule has 16 heavy (non-hydrogen) atoms. The van der Waals surface area contributed by atoms with Crippen LogP contribution >= 0.6 is 0 Å². The van der Waals surface area contributed by atoms with Crippen LogP contribution in [0.2, 0.25) is 0 Å². The number of nitrogens with zero attached hydrogens (tertiary/aromatic N) is 1. The van der Waals surface area contributed by atoms with Crippen molar-refractivity contribution in [3.63, 3.8) is 0 Å². The van der Waals surface area contributed by atoms with E-state index in [4.69, 9.17) is 5.90 Å². The van der Waals surface area contributed by atoms with Crippen molar-refractivity contribution in [3.8, 4) is 11.3 Å². The molecule has 0 radical (unpaired) electrons. The van der Waals surface area contributed by atoms with Crippen LogP contribution in [0.4, 0.5) is 0 Å². The zero-order valence-corrected chi connectivity index (χ0v) is 9.18. The van der Waals surface area contributed by atoms with E-state index in [1.807, 2.05) is 36.5 Å². The Labute approximate surface area is 94.4 Å². The Morgan fingerprint density at radius 2 is 2.12 bits per heavy atom. The Morgan fingerprint density at radius 3 is 2.81 bits per heavy atom. The van der Waals surface area contributed by atoms with Gasteiger partial charge in [-0.05, 0) is 5.56 Å². The second kappa shape index (κ2) is 4.92. The summed E-state index contributed by atoms with van der Waals surface area (Å²) in [6.45, 7) is 2.55. The molecule has 0 fully saturated rings. The molecule has 0 saturated carbocycles. The Kier molecular flexibility index (Phi) is 3.34. The van der Waals surface area contributed by atoms with E-state index in [0.29, 0.717) is 6.61 Å². The zero-order chi connectivity index (χ0) is 11.4. The predicted octanol–water partition coefficient (Wildman–Crippen LogP) is 2.07. The number of benzene rings is 1. The molecule has 0 bridgehead atoms.